The van der Waals surface area contributed by atoms with Gasteiger partial charge in [-0.1, -0.05) is 0 Å². The molecule has 0 bridgehead atoms. The molecular weight excluding hydrogens is 221 g/mol. The summed E-state index contributed by atoms with van der Waals surface area (Å²) in [6.07, 6.45) is 0.102. The molecular formula is C13H20FNO2. The lowest BCUT2D eigenvalue weighted by Crippen LogP contribution is -2.15. The van der Waals surface area contributed by atoms with E-state index in [1.165, 1.54) is 13.0 Å². The number of rotatable bonds is 6. The lowest BCUT2D eigenvalue weighted by atomic mass is 10.1. The quantitative estimate of drug-likeness (QED) is 0.775. The molecule has 1 aromatic carbocycles. The van der Waals surface area contributed by atoms with Gasteiger partial charge in [0.15, 0.2) is 0 Å². The molecule has 0 aliphatic rings. The molecule has 0 heterocycles. The van der Waals surface area contributed by atoms with Gasteiger partial charge >= 0.3 is 0 Å². The molecule has 0 saturated carbocycles. The number of halogens is 1. The van der Waals surface area contributed by atoms with Gasteiger partial charge in [0.05, 0.1) is 12.7 Å². The van der Waals surface area contributed by atoms with E-state index in [4.69, 9.17) is 4.74 Å². The third kappa shape index (κ3) is 4.71. The van der Waals surface area contributed by atoms with E-state index in [9.17, 15) is 9.50 Å². The van der Waals surface area contributed by atoms with Crippen molar-refractivity contribution in [1.29, 1.82) is 0 Å². The van der Waals surface area contributed by atoms with Crippen LogP contribution in [0.3, 0.4) is 0 Å². The van der Waals surface area contributed by atoms with Crippen molar-refractivity contribution in [3.63, 3.8) is 0 Å². The Morgan fingerprint density at radius 3 is 2.65 bits per heavy atom. The van der Waals surface area contributed by atoms with Crippen LogP contribution in [0.5, 0.6) is 5.75 Å². The molecule has 0 amide bonds. The second-order valence-electron chi connectivity index (χ2n) is 4.36. The molecule has 0 unspecified atom stereocenters. The Balaban J connectivity index is 2.47. The molecule has 0 aromatic heterocycles. The van der Waals surface area contributed by atoms with Crippen LogP contribution in [-0.4, -0.2) is 37.3 Å². The normalized spacial score (nSPS) is 12.8. The monoisotopic (exact) mass is 241 g/mol. The summed E-state index contributed by atoms with van der Waals surface area (Å²) in [4.78, 5) is 2.07. The molecule has 4 heteroatoms. The zero-order valence-electron chi connectivity index (χ0n) is 10.6. The number of aliphatic hydroxyl groups excluding tert-OH is 1. The highest BCUT2D eigenvalue weighted by Gasteiger charge is 2.08. The molecule has 1 N–H and O–H groups in total. The molecule has 96 valence electrons. The summed E-state index contributed by atoms with van der Waals surface area (Å²) in [5.74, 6) is 0.0794. The zero-order valence-corrected chi connectivity index (χ0v) is 10.6. The predicted octanol–water partition coefficient (Wildman–Crippen LogP) is 2.21. The average molecular weight is 241 g/mol. The molecule has 0 aliphatic heterocycles. The number of hydrogen-bond acceptors (Lipinski definition) is 3. The molecule has 3 nitrogen and oxygen atoms in total. The summed E-state index contributed by atoms with van der Waals surface area (Å²) in [5.41, 5.74) is 0.297. The molecule has 0 aliphatic carbocycles. The molecule has 0 radical (unpaired) electrons. The molecule has 1 aromatic rings. The summed E-state index contributed by atoms with van der Waals surface area (Å²) >= 11 is 0. The van der Waals surface area contributed by atoms with E-state index in [2.05, 4.69) is 4.90 Å². The Morgan fingerprint density at radius 1 is 1.41 bits per heavy atom. The first-order valence-electron chi connectivity index (χ1n) is 5.75. The number of ether oxygens (including phenoxy) is 1. The second kappa shape index (κ2) is 6.57. The first kappa shape index (κ1) is 13.9. The van der Waals surface area contributed by atoms with Crippen molar-refractivity contribution in [3.05, 3.63) is 29.6 Å². The van der Waals surface area contributed by atoms with Crippen molar-refractivity contribution < 1.29 is 14.2 Å². The molecule has 17 heavy (non-hydrogen) atoms. The van der Waals surface area contributed by atoms with Crippen molar-refractivity contribution in [3.8, 4) is 5.75 Å². The van der Waals surface area contributed by atoms with Gasteiger partial charge in [-0.05, 0) is 39.6 Å². The number of benzene rings is 1. The Labute approximate surface area is 102 Å². The third-order valence-electron chi connectivity index (χ3n) is 2.44. The van der Waals surface area contributed by atoms with Gasteiger partial charge in [-0.2, -0.15) is 0 Å². The highest BCUT2D eigenvalue weighted by atomic mass is 19.1. The lowest BCUT2D eigenvalue weighted by Gasteiger charge is -2.11. The van der Waals surface area contributed by atoms with Crippen LogP contribution in [0.25, 0.3) is 0 Å². The Hall–Kier alpha value is -1.13. The minimum absolute atomic E-state index is 0.297. The van der Waals surface area contributed by atoms with E-state index in [1.54, 1.807) is 12.1 Å². The summed E-state index contributed by atoms with van der Waals surface area (Å²) < 4.78 is 18.9. The Bertz CT molecular complexity index is 353. The maximum absolute atomic E-state index is 13.5. The second-order valence-corrected chi connectivity index (χ2v) is 4.36. The summed E-state index contributed by atoms with van der Waals surface area (Å²) in [7, 11) is 3.99. The van der Waals surface area contributed by atoms with Gasteiger partial charge in [-0.3, -0.25) is 0 Å². The molecule has 0 fully saturated rings. The smallest absolute Gasteiger partial charge is 0.132 e. The fourth-order valence-electron chi connectivity index (χ4n) is 1.51. The number of nitrogens with zero attached hydrogens (tertiary/aromatic N) is 1. The lowest BCUT2D eigenvalue weighted by molar-refractivity contribution is 0.194. The standard InChI is InChI=1S/C13H20FNO2/c1-10(16)12-6-5-11(9-13(12)14)17-8-4-7-15(2)3/h5-6,9-10,16H,4,7-8H2,1-3H3/t10-/m0/s1. The van der Waals surface area contributed by atoms with Crippen molar-refractivity contribution in [2.24, 2.45) is 0 Å². The van der Waals surface area contributed by atoms with Gasteiger partial charge in [0.25, 0.3) is 0 Å². The van der Waals surface area contributed by atoms with Crippen LogP contribution >= 0.6 is 0 Å². The van der Waals surface area contributed by atoms with Crippen molar-refractivity contribution >= 4 is 0 Å². The van der Waals surface area contributed by atoms with Crippen LogP contribution in [0.15, 0.2) is 18.2 Å². The maximum atomic E-state index is 13.5. The van der Waals surface area contributed by atoms with Crippen LogP contribution in [0.2, 0.25) is 0 Å². The van der Waals surface area contributed by atoms with E-state index in [-0.39, 0.29) is 0 Å². The van der Waals surface area contributed by atoms with E-state index in [0.29, 0.717) is 17.9 Å². The average Bonchev–Trinajstić information content (AvgIpc) is 2.23. The maximum Gasteiger partial charge on any atom is 0.132 e. The Kier molecular flexibility index (Phi) is 5.38. The van der Waals surface area contributed by atoms with Gasteiger partial charge in [-0.15, -0.1) is 0 Å². The first-order chi connectivity index (χ1) is 8.00. The predicted molar refractivity (Wildman–Crippen MR) is 65.7 cm³/mol. The molecule has 1 atom stereocenters. The van der Waals surface area contributed by atoms with Crippen LogP contribution < -0.4 is 4.74 Å². The molecule has 1 rings (SSSR count). The van der Waals surface area contributed by atoms with Gasteiger partial charge < -0.3 is 14.7 Å². The van der Waals surface area contributed by atoms with E-state index in [1.807, 2.05) is 14.1 Å². The van der Waals surface area contributed by atoms with E-state index < -0.39 is 11.9 Å². The van der Waals surface area contributed by atoms with Gasteiger partial charge in [-0.25, -0.2) is 4.39 Å². The van der Waals surface area contributed by atoms with Gasteiger partial charge in [0.2, 0.25) is 0 Å². The third-order valence-corrected chi connectivity index (χ3v) is 2.44. The Morgan fingerprint density at radius 2 is 2.12 bits per heavy atom. The fourth-order valence-corrected chi connectivity index (χ4v) is 1.51. The molecule has 0 spiro atoms. The van der Waals surface area contributed by atoms with Crippen molar-refractivity contribution in [2.75, 3.05) is 27.2 Å². The SMILES string of the molecule is C[C@H](O)c1ccc(OCCCN(C)C)cc1F. The van der Waals surface area contributed by atoms with Crippen LogP contribution in [0, 0.1) is 5.82 Å². The first-order valence-corrected chi connectivity index (χ1v) is 5.75. The van der Waals surface area contributed by atoms with Gasteiger partial charge in [0, 0.05) is 18.2 Å². The van der Waals surface area contributed by atoms with Crippen LogP contribution in [-0.2, 0) is 0 Å². The number of hydrogen-bond donors (Lipinski definition) is 1. The summed E-state index contributed by atoms with van der Waals surface area (Å²) in [5, 5.41) is 9.28. The largest absolute Gasteiger partial charge is 0.493 e. The summed E-state index contributed by atoms with van der Waals surface area (Å²) in [6, 6.07) is 4.56. The fraction of sp³-hybridized carbons (Fsp3) is 0.538. The zero-order chi connectivity index (χ0) is 12.8. The van der Waals surface area contributed by atoms with E-state index in [0.717, 1.165) is 13.0 Å². The minimum Gasteiger partial charge on any atom is -0.493 e. The highest BCUT2D eigenvalue weighted by molar-refractivity contribution is 5.29. The highest BCUT2D eigenvalue weighted by Crippen LogP contribution is 2.21. The number of aliphatic hydroxyl groups is 1. The van der Waals surface area contributed by atoms with Gasteiger partial charge in [0.1, 0.15) is 11.6 Å². The summed E-state index contributed by atoms with van der Waals surface area (Å²) in [6.45, 7) is 3.04. The molecule has 0 saturated heterocycles. The van der Waals surface area contributed by atoms with E-state index >= 15 is 0 Å². The topological polar surface area (TPSA) is 32.7 Å². The van der Waals surface area contributed by atoms with Crippen molar-refractivity contribution in [2.45, 2.75) is 19.4 Å². The van der Waals surface area contributed by atoms with Crippen molar-refractivity contribution in [1.82, 2.24) is 4.90 Å². The van der Waals surface area contributed by atoms with Crippen LogP contribution in [0.1, 0.15) is 25.0 Å². The van der Waals surface area contributed by atoms with Crippen LogP contribution in [0.4, 0.5) is 4.39 Å². The minimum atomic E-state index is -0.794.